The smallest absolute Gasteiger partial charge is 0.179 e. The number of aromatic nitrogens is 4. The molecular weight excluding hydrogens is 873 g/mol. The molecule has 6 heteroatoms. The van der Waals surface area contributed by atoms with Gasteiger partial charge in [-0.15, -0.1) is 11.3 Å². The Morgan fingerprint density at radius 2 is 0.855 bits per heavy atom. The predicted octanol–water partition coefficient (Wildman–Crippen LogP) is 13.4. The number of rotatable bonds is 9. The molecule has 0 radical (unpaired) electrons. The summed E-state index contributed by atoms with van der Waals surface area (Å²) in [6.07, 6.45) is 0. The van der Waals surface area contributed by atoms with E-state index in [-0.39, 0.29) is 31.6 Å². The molecule has 69 heavy (non-hydrogen) atoms. The highest BCUT2D eigenvalue weighted by Crippen LogP contribution is 2.43. The highest BCUT2D eigenvalue weighted by molar-refractivity contribution is 7.26. The molecule has 0 aliphatic carbocycles. The van der Waals surface area contributed by atoms with E-state index >= 15 is 0 Å². The van der Waals surface area contributed by atoms with Crippen molar-refractivity contribution >= 4 is 82.1 Å². The fraction of sp³-hybridized carbons (Fsp3) is 0. The zero-order valence-electron chi connectivity index (χ0n) is 58.7. The Morgan fingerprint density at radius 1 is 0.377 bits per heavy atom. The minimum atomic E-state index is -3.45. The summed E-state index contributed by atoms with van der Waals surface area (Å²) in [5.74, 6) is -1.69. The lowest BCUT2D eigenvalue weighted by Crippen LogP contribution is -2.74. The molecule has 3 heterocycles. The van der Waals surface area contributed by atoms with Gasteiger partial charge in [-0.2, -0.15) is 0 Å². The van der Waals surface area contributed by atoms with Crippen molar-refractivity contribution in [2.45, 2.75) is 0 Å². The van der Waals surface area contributed by atoms with Crippen LogP contribution in [0.15, 0.2) is 254 Å². The summed E-state index contributed by atoms with van der Waals surface area (Å²) in [5.41, 5.74) is -3.93. The van der Waals surface area contributed by atoms with Gasteiger partial charge in [0.1, 0.15) is 0 Å². The molecule has 0 aliphatic rings. The first-order valence-electron chi connectivity index (χ1n) is 33.0. The van der Waals surface area contributed by atoms with Crippen LogP contribution < -0.4 is 20.7 Å². The van der Waals surface area contributed by atoms with Gasteiger partial charge in [0.05, 0.1) is 48.2 Å². The van der Waals surface area contributed by atoms with Crippen LogP contribution in [-0.2, 0) is 0 Å². The largest absolute Gasteiger partial charge is 0.309 e. The molecule has 13 aromatic rings. The summed E-state index contributed by atoms with van der Waals surface area (Å²) in [7, 11) is -3.45. The number of benzene rings is 10. The molecule has 0 unspecified atom stereocenters. The minimum absolute atomic E-state index is 0.0931. The van der Waals surface area contributed by atoms with E-state index in [1.807, 2.05) is 103 Å². The molecule has 0 atom stereocenters. The van der Waals surface area contributed by atoms with Crippen LogP contribution in [0.1, 0.15) is 31.5 Å². The van der Waals surface area contributed by atoms with Crippen LogP contribution in [0.4, 0.5) is 0 Å². The van der Waals surface area contributed by atoms with Crippen LogP contribution in [0, 0.1) is 0 Å². The van der Waals surface area contributed by atoms with Crippen molar-refractivity contribution in [1.29, 1.82) is 0 Å². The maximum Gasteiger partial charge on any atom is 0.179 e. The van der Waals surface area contributed by atoms with Crippen LogP contribution in [-0.4, -0.2) is 27.6 Å². The third-order valence-electron chi connectivity index (χ3n) is 12.1. The first kappa shape index (κ1) is 23.4. The Hall–Kier alpha value is -8.55. The molecule has 3 aromatic heterocycles. The Bertz CT molecular complexity index is 5230. The Balaban J connectivity index is 1.24. The number of hydrogen-bond donors (Lipinski definition) is 0. The van der Waals surface area contributed by atoms with Gasteiger partial charge in [-0.1, -0.05) is 218 Å². The van der Waals surface area contributed by atoms with Gasteiger partial charge in [0.2, 0.25) is 0 Å². The van der Waals surface area contributed by atoms with Crippen molar-refractivity contribution < 1.29 is 31.5 Å². The highest BCUT2D eigenvalue weighted by atomic mass is 32.1. The van der Waals surface area contributed by atoms with Crippen LogP contribution >= 0.6 is 11.3 Å². The first-order chi connectivity index (χ1) is 43.8. The third-order valence-corrected chi connectivity index (χ3v) is 17.9. The summed E-state index contributed by atoms with van der Waals surface area (Å²) < 4.78 is 213. The summed E-state index contributed by atoms with van der Waals surface area (Å²) in [4.78, 5) is 14.9. The standard InChI is InChI=1S/C63H42N4SSi/c1-4-23-44(24-5-1)69(45-25-6-2-7-26-45,46-27-8-3-9-28-46)47-29-20-22-43(42-47)61-64-62(52-33-11-10-30-48(52)51-36-21-41-59-60(51)54-35-15-19-40-58(54)68-59)66-63(65-61)53-34-14-18-39-57(53)67-55-37-16-12-31-49(55)50-32-13-17-38-56(50)67/h1-42H/i10D,11D,12D,13D,14D,15D,16D,17D,18D,19D,21D,30D,31D,32D,33D,34D,35D,36D,37D,38D,39D,40D,41D. The molecule has 0 bridgehead atoms. The third kappa shape index (κ3) is 6.75. The molecule has 0 spiro atoms. The molecule has 0 N–H and O–H groups in total. The van der Waals surface area contributed by atoms with Crippen LogP contribution in [0.2, 0.25) is 0 Å². The van der Waals surface area contributed by atoms with Crippen molar-refractivity contribution in [1.82, 2.24) is 19.5 Å². The first-order valence-corrected chi connectivity index (χ1v) is 24.3. The molecule has 0 saturated carbocycles. The van der Waals surface area contributed by atoms with Gasteiger partial charge in [0, 0.05) is 47.6 Å². The Labute approximate surface area is 437 Å². The zero-order valence-corrected chi connectivity index (χ0v) is 37.5. The lowest BCUT2D eigenvalue weighted by atomic mass is 9.95. The SMILES string of the molecule is [2H]c1c([2H])c([2H])c(-c2c([2H])c([2H])c([2H])c3sc4c([2H])c([2H])c([2H])c([2H])c4c23)c(-c2nc(-c3cccc([Si](c4ccccc4)(c4ccccc4)c4ccccc4)c3)nc(-c3c([2H])c([2H])c([2H])c([2H])c3-n3c4c([2H])c([2H])c([2H])c([2H])c4c4c([2H])c([2H])c([2H])c([2H])c43)n2)c1[2H]. The Morgan fingerprint density at radius 3 is 1.51 bits per heavy atom. The van der Waals surface area contributed by atoms with E-state index in [0.29, 0.717) is 11.3 Å². The molecule has 4 nitrogen and oxygen atoms in total. The lowest BCUT2D eigenvalue weighted by molar-refractivity contribution is 1.06. The number of hydrogen-bond acceptors (Lipinski definition) is 4. The molecule has 10 aromatic carbocycles. The second-order valence-electron chi connectivity index (χ2n) is 15.8. The van der Waals surface area contributed by atoms with E-state index in [0.717, 1.165) is 25.3 Å². The van der Waals surface area contributed by atoms with Gasteiger partial charge < -0.3 is 4.57 Å². The molecular formula is C63H42N4SSi. The van der Waals surface area contributed by atoms with E-state index in [2.05, 4.69) is 0 Å². The number of thiophene rings is 1. The lowest BCUT2D eigenvalue weighted by Gasteiger charge is -2.34. The fourth-order valence-electron chi connectivity index (χ4n) is 9.18. The van der Waals surface area contributed by atoms with E-state index in [1.54, 1.807) is 12.1 Å². The van der Waals surface area contributed by atoms with Gasteiger partial charge in [-0.3, -0.25) is 0 Å². The van der Waals surface area contributed by atoms with Crippen molar-refractivity contribution in [3.63, 3.8) is 0 Å². The number of nitrogens with zero attached hydrogens (tertiary/aromatic N) is 4. The molecule has 0 amide bonds. The van der Waals surface area contributed by atoms with Gasteiger partial charge >= 0.3 is 0 Å². The molecule has 0 aliphatic heterocycles. The molecule has 0 fully saturated rings. The average molecular weight is 938 g/mol. The number of fused-ring (bicyclic) bond motifs is 6. The average Bonchev–Trinajstić information content (AvgIpc) is 1.63. The molecule has 324 valence electrons. The van der Waals surface area contributed by atoms with E-state index in [9.17, 15) is 20.6 Å². The maximum atomic E-state index is 9.89. The van der Waals surface area contributed by atoms with E-state index < -0.39 is 208 Å². The second-order valence-corrected chi connectivity index (χ2v) is 20.6. The quantitative estimate of drug-likeness (QED) is 0.107. The van der Waals surface area contributed by atoms with Gasteiger partial charge in [0.15, 0.2) is 25.5 Å². The molecule has 13 rings (SSSR count). The summed E-state index contributed by atoms with van der Waals surface area (Å²) >= 11 is 0.714. The van der Waals surface area contributed by atoms with E-state index in [4.69, 9.17) is 25.9 Å². The van der Waals surface area contributed by atoms with Crippen molar-refractivity contribution in [3.8, 4) is 51.0 Å². The van der Waals surface area contributed by atoms with Crippen molar-refractivity contribution in [2.75, 3.05) is 0 Å². The van der Waals surface area contributed by atoms with Crippen LogP contribution in [0.3, 0.4) is 0 Å². The minimum Gasteiger partial charge on any atom is -0.309 e. The second kappa shape index (κ2) is 17.0. The monoisotopic (exact) mass is 937 g/mol. The summed E-state index contributed by atoms with van der Waals surface area (Å²) in [5, 5.41) is 2.24. The van der Waals surface area contributed by atoms with Gasteiger partial charge in [-0.25, -0.2) is 15.0 Å². The summed E-state index contributed by atoms with van der Waals surface area (Å²) in [6.45, 7) is 0. The normalized spacial score (nSPS) is 16.4. The fourth-order valence-corrected chi connectivity index (χ4v) is 14.9. The maximum absolute atomic E-state index is 9.89. The number of para-hydroxylation sites is 3. The van der Waals surface area contributed by atoms with Crippen LogP contribution in [0.25, 0.3) is 93.0 Å². The van der Waals surface area contributed by atoms with Crippen molar-refractivity contribution in [3.05, 3.63) is 254 Å². The van der Waals surface area contributed by atoms with Gasteiger partial charge in [0.25, 0.3) is 0 Å². The highest BCUT2D eigenvalue weighted by Gasteiger charge is 2.41. The van der Waals surface area contributed by atoms with Crippen molar-refractivity contribution in [2.24, 2.45) is 0 Å². The predicted molar refractivity (Wildman–Crippen MR) is 292 cm³/mol. The topological polar surface area (TPSA) is 43.6 Å². The summed E-state index contributed by atoms with van der Waals surface area (Å²) in [6, 6.07) is 18.3. The zero-order chi connectivity index (χ0) is 65.7. The molecule has 0 saturated heterocycles. The van der Waals surface area contributed by atoms with Gasteiger partial charge in [-0.05, 0) is 68.1 Å². The van der Waals surface area contributed by atoms with E-state index in [1.165, 1.54) is 0 Å². The van der Waals surface area contributed by atoms with Crippen LogP contribution in [0.5, 0.6) is 0 Å². The Kier molecular flexibility index (Phi) is 5.76.